The Balaban J connectivity index is 2.89. The van der Waals surface area contributed by atoms with Gasteiger partial charge in [-0.15, -0.1) is 0 Å². The summed E-state index contributed by atoms with van der Waals surface area (Å²) in [6.45, 7) is 0. The Morgan fingerprint density at radius 1 is 1.17 bits per heavy atom. The molecule has 0 aliphatic carbocycles. The average molecular weight is 179 g/mol. The van der Waals surface area contributed by atoms with Crippen LogP contribution in [0.15, 0.2) is 36.7 Å². The van der Waals surface area contributed by atoms with Crippen LogP contribution in [0.3, 0.4) is 0 Å². The molecule has 60 valence electrons. The molecule has 2 aromatic rings. The summed E-state index contributed by atoms with van der Waals surface area (Å²) in [7, 11) is 1.97. The average Bonchev–Trinajstić information content (AvgIpc) is 2.04. The molecule has 0 saturated heterocycles. The largest absolute Gasteiger partial charge is 0.206 e. The second-order valence-corrected chi connectivity index (χ2v) is 3.27. The van der Waals surface area contributed by atoms with E-state index in [1.54, 1.807) is 0 Å². The van der Waals surface area contributed by atoms with E-state index < -0.39 is 0 Å². The highest BCUT2D eigenvalue weighted by Gasteiger charge is 2.03. The van der Waals surface area contributed by atoms with Crippen molar-refractivity contribution in [1.82, 2.24) is 0 Å². The first kappa shape index (κ1) is 7.56. The smallest absolute Gasteiger partial charge is 0.187 e. The van der Waals surface area contributed by atoms with Crippen LogP contribution in [0.1, 0.15) is 0 Å². The Bertz CT molecular complexity index is 423. The molecule has 1 aromatic carbocycles. The van der Waals surface area contributed by atoms with Crippen LogP contribution in [0.2, 0.25) is 5.02 Å². The van der Waals surface area contributed by atoms with Gasteiger partial charge in [-0.25, -0.2) is 4.57 Å². The topological polar surface area (TPSA) is 3.88 Å². The normalized spacial score (nSPS) is 10.5. The molecule has 0 N–H and O–H groups in total. The fraction of sp³-hybridized carbons (Fsp3) is 0.100. The maximum atomic E-state index is 6.04. The number of fused-ring (bicyclic) bond motifs is 1. The molecule has 1 heterocycles. The minimum atomic E-state index is 0.801. The highest BCUT2D eigenvalue weighted by Crippen LogP contribution is 2.19. The molecular formula is C10H9ClN+. The predicted molar refractivity (Wildman–Crippen MR) is 50.1 cm³/mol. The maximum absolute atomic E-state index is 6.04. The minimum absolute atomic E-state index is 0.801. The van der Waals surface area contributed by atoms with Crippen molar-refractivity contribution in [2.75, 3.05) is 0 Å². The van der Waals surface area contributed by atoms with Gasteiger partial charge < -0.3 is 0 Å². The van der Waals surface area contributed by atoms with Crippen LogP contribution >= 0.6 is 11.6 Å². The lowest BCUT2D eigenvalue weighted by atomic mass is 10.2. The van der Waals surface area contributed by atoms with Gasteiger partial charge >= 0.3 is 0 Å². The molecule has 0 saturated carbocycles. The van der Waals surface area contributed by atoms with Gasteiger partial charge in [0.15, 0.2) is 12.4 Å². The molecule has 0 unspecified atom stereocenters. The Morgan fingerprint density at radius 3 is 2.75 bits per heavy atom. The highest BCUT2D eigenvalue weighted by molar-refractivity contribution is 6.35. The second-order valence-electron chi connectivity index (χ2n) is 2.86. The van der Waals surface area contributed by atoms with E-state index >= 15 is 0 Å². The van der Waals surface area contributed by atoms with Crippen LogP contribution in [0.25, 0.3) is 10.8 Å². The summed E-state index contributed by atoms with van der Waals surface area (Å²) in [5.74, 6) is 0. The van der Waals surface area contributed by atoms with Gasteiger partial charge in [-0.05, 0) is 6.07 Å². The molecular weight excluding hydrogens is 170 g/mol. The first-order valence-electron chi connectivity index (χ1n) is 3.81. The summed E-state index contributed by atoms with van der Waals surface area (Å²) in [5, 5.41) is 3.08. The third-order valence-electron chi connectivity index (χ3n) is 1.88. The van der Waals surface area contributed by atoms with E-state index in [1.165, 1.54) is 5.39 Å². The van der Waals surface area contributed by atoms with Crippen LogP contribution in [-0.4, -0.2) is 0 Å². The molecule has 0 spiro atoms. The zero-order valence-corrected chi connectivity index (χ0v) is 7.55. The number of halogens is 1. The predicted octanol–water partition coefficient (Wildman–Crippen LogP) is 2.32. The molecule has 2 heteroatoms. The molecule has 12 heavy (non-hydrogen) atoms. The zero-order valence-electron chi connectivity index (χ0n) is 6.79. The molecule has 0 fully saturated rings. The minimum Gasteiger partial charge on any atom is -0.206 e. The third kappa shape index (κ3) is 1.16. The molecule has 0 aliphatic heterocycles. The van der Waals surface area contributed by atoms with E-state index in [2.05, 4.69) is 12.3 Å². The van der Waals surface area contributed by atoms with Crippen LogP contribution in [-0.2, 0) is 7.05 Å². The summed E-state index contributed by atoms with van der Waals surface area (Å²) in [6.07, 6.45) is 3.96. The molecule has 0 aliphatic rings. The zero-order chi connectivity index (χ0) is 8.55. The van der Waals surface area contributed by atoms with Crippen LogP contribution in [0.5, 0.6) is 0 Å². The van der Waals surface area contributed by atoms with Crippen LogP contribution in [0.4, 0.5) is 0 Å². The Morgan fingerprint density at radius 2 is 1.92 bits per heavy atom. The monoisotopic (exact) mass is 178 g/mol. The first-order valence-corrected chi connectivity index (χ1v) is 4.19. The van der Waals surface area contributed by atoms with Crippen molar-refractivity contribution < 1.29 is 4.57 Å². The first-order chi connectivity index (χ1) is 5.77. The van der Waals surface area contributed by atoms with Gasteiger partial charge in [-0.3, -0.25) is 0 Å². The quantitative estimate of drug-likeness (QED) is 0.546. The van der Waals surface area contributed by atoms with E-state index in [0.29, 0.717) is 0 Å². The van der Waals surface area contributed by atoms with Gasteiger partial charge in [0.05, 0.1) is 0 Å². The standard InChI is InChI=1S/C10H9ClN/c1-12-6-8-4-2-3-5-9(8)10(11)7-12/h2-7H,1H3/q+1. The summed E-state index contributed by atoms with van der Waals surface area (Å²) >= 11 is 6.04. The fourth-order valence-corrected chi connectivity index (χ4v) is 1.66. The van der Waals surface area contributed by atoms with E-state index in [0.717, 1.165) is 10.4 Å². The third-order valence-corrected chi connectivity index (χ3v) is 2.18. The lowest BCUT2D eigenvalue weighted by molar-refractivity contribution is -0.670. The van der Waals surface area contributed by atoms with E-state index in [4.69, 9.17) is 11.6 Å². The van der Waals surface area contributed by atoms with Gasteiger partial charge in [0.2, 0.25) is 0 Å². The van der Waals surface area contributed by atoms with Crippen molar-refractivity contribution in [1.29, 1.82) is 0 Å². The molecule has 1 nitrogen and oxygen atoms in total. The summed E-state index contributed by atoms with van der Waals surface area (Å²) in [6, 6.07) is 8.09. The van der Waals surface area contributed by atoms with E-state index in [-0.39, 0.29) is 0 Å². The van der Waals surface area contributed by atoms with Gasteiger partial charge in [0, 0.05) is 10.8 Å². The number of benzene rings is 1. The van der Waals surface area contributed by atoms with Gasteiger partial charge in [-0.2, -0.15) is 0 Å². The van der Waals surface area contributed by atoms with Crippen LogP contribution < -0.4 is 4.57 Å². The van der Waals surface area contributed by atoms with Gasteiger partial charge in [0.25, 0.3) is 0 Å². The second kappa shape index (κ2) is 2.76. The Kier molecular flexibility index (Phi) is 1.74. The molecule has 0 amide bonds. The van der Waals surface area contributed by atoms with Crippen molar-refractivity contribution in [3.8, 4) is 0 Å². The van der Waals surface area contributed by atoms with Gasteiger partial charge in [0.1, 0.15) is 12.1 Å². The van der Waals surface area contributed by atoms with Crippen LogP contribution in [0, 0.1) is 0 Å². The van der Waals surface area contributed by atoms with Crippen molar-refractivity contribution in [2.24, 2.45) is 7.05 Å². The Labute approximate surface area is 76.2 Å². The molecule has 0 bridgehead atoms. The van der Waals surface area contributed by atoms with Crippen molar-refractivity contribution in [2.45, 2.75) is 0 Å². The van der Waals surface area contributed by atoms with Crippen molar-refractivity contribution >= 4 is 22.4 Å². The number of aromatic nitrogens is 1. The number of hydrogen-bond donors (Lipinski definition) is 0. The lowest BCUT2D eigenvalue weighted by Crippen LogP contribution is -2.26. The van der Waals surface area contributed by atoms with Gasteiger partial charge in [-0.1, -0.05) is 29.8 Å². The molecule has 1 aromatic heterocycles. The van der Waals surface area contributed by atoms with E-state index in [1.807, 2.05) is 36.0 Å². The number of rotatable bonds is 0. The number of pyridine rings is 1. The summed E-state index contributed by atoms with van der Waals surface area (Å²) in [4.78, 5) is 0. The lowest BCUT2D eigenvalue weighted by Gasteiger charge is -1.96. The van der Waals surface area contributed by atoms with Crippen molar-refractivity contribution in [3.63, 3.8) is 0 Å². The number of nitrogens with zero attached hydrogens (tertiary/aromatic N) is 1. The highest BCUT2D eigenvalue weighted by atomic mass is 35.5. The molecule has 0 radical (unpaired) electrons. The number of aryl methyl sites for hydroxylation is 1. The maximum Gasteiger partial charge on any atom is 0.187 e. The van der Waals surface area contributed by atoms with E-state index in [9.17, 15) is 0 Å². The number of hydrogen-bond acceptors (Lipinski definition) is 0. The molecule has 0 atom stereocenters. The summed E-state index contributed by atoms with van der Waals surface area (Å²) < 4.78 is 1.96. The molecule has 2 rings (SSSR count). The Hall–Kier alpha value is -1.08. The summed E-state index contributed by atoms with van der Waals surface area (Å²) in [5.41, 5.74) is 0. The van der Waals surface area contributed by atoms with Crippen molar-refractivity contribution in [3.05, 3.63) is 41.7 Å². The SMILES string of the molecule is C[n+]1cc(Cl)c2ccccc2c1. The fourth-order valence-electron chi connectivity index (χ4n) is 1.33.